The number of primary amides is 1. The first-order valence-electron chi connectivity index (χ1n) is 5.11. The quantitative estimate of drug-likeness (QED) is 0.718. The van der Waals surface area contributed by atoms with Crippen molar-refractivity contribution in [3.63, 3.8) is 0 Å². The molecule has 0 unspecified atom stereocenters. The number of hydrogen-bond acceptors (Lipinski definition) is 2. The van der Waals surface area contributed by atoms with Crippen LogP contribution >= 0.6 is 0 Å². The van der Waals surface area contributed by atoms with Gasteiger partial charge in [0.25, 0.3) is 0 Å². The first-order chi connectivity index (χ1) is 6.24. The first kappa shape index (κ1) is 10.5. The normalized spacial score (nSPS) is 28.7. The Labute approximate surface area is 79.6 Å². The zero-order chi connectivity index (χ0) is 9.68. The minimum absolute atomic E-state index is 0.123. The van der Waals surface area contributed by atoms with Gasteiger partial charge in [-0.05, 0) is 38.5 Å². The topological polar surface area (TPSA) is 52.3 Å². The zero-order valence-corrected chi connectivity index (χ0v) is 8.29. The van der Waals surface area contributed by atoms with Crippen molar-refractivity contribution in [2.75, 3.05) is 13.2 Å². The highest BCUT2D eigenvalue weighted by atomic mass is 16.5. The average Bonchev–Trinajstić information content (AvgIpc) is 2.15. The van der Waals surface area contributed by atoms with Crippen LogP contribution in [0.15, 0.2) is 0 Å². The summed E-state index contributed by atoms with van der Waals surface area (Å²) in [4.78, 5) is 10.9. The molecule has 0 aromatic carbocycles. The molecule has 2 N–H and O–H groups in total. The molecule has 0 atom stereocenters. The molecule has 0 aliphatic heterocycles. The molecule has 3 heteroatoms. The third-order valence-corrected chi connectivity index (χ3v) is 2.81. The Bertz CT molecular complexity index is 162. The van der Waals surface area contributed by atoms with Crippen LogP contribution in [0.1, 0.15) is 32.6 Å². The summed E-state index contributed by atoms with van der Waals surface area (Å²) in [6, 6.07) is 0. The summed E-state index contributed by atoms with van der Waals surface area (Å²) >= 11 is 0. The van der Waals surface area contributed by atoms with E-state index in [9.17, 15) is 4.79 Å². The predicted molar refractivity (Wildman–Crippen MR) is 51.1 cm³/mol. The van der Waals surface area contributed by atoms with E-state index in [1.165, 1.54) is 0 Å². The second-order valence-corrected chi connectivity index (χ2v) is 3.78. The van der Waals surface area contributed by atoms with E-state index in [4.69, 9.17) is 10.5 Å². The Kier molecular flexibility index (Phi) is 4.22. The molecule has 0 bridgehead atoms. The van der Waals surface area contributed by atoms with Gasteiger partial charge in [0.1, 0.15) is 0 Å². The van der Waals surface area contributed by atoms with E-state index in [0.29, 0.717) is 5.92 Å². The van der Waals surface area contributed by atoms with E-state index in [2.05, 4.69) is 0 Å². The molecule has 0 radical (unpaired) electrons. The molecule has 1 aliphatic carbocycles. The SMILES string of the molecule is CCOCC1CCC(C(N)=O)CC1. The van der Waals surface area contributed by atoms with Gasteiger partial charge >= 0.3 is 0 Å². The zero-order valence-electron chi connectivity index (χ0n) is 8.29. The van der Waals surface area contributed by atoms with Crippen molar-refractivity contribution in [3.05, 3.63) is 0 Å². The molecule has 1 fully saturated rings. The molecule has 13 heavy (non-hydrogen) atoms. The van der Waals surface area contributed by atoms with Crippen LogP contribution in [0.2, 0.25) is 0 Å². The molecule has 1 amide bonds. The number of rotatable bonds is 4. The number of amides is 1. The summed E-state index contributed by atoms with van der Waals surface area (Å²) < 4.78 is 5.35. The van der Waals surface area contributed by atoms with Crippen molar-refractivity contribution in [1.82, 2.24) is 0 Å². The van der Waals surface area contributed by atoms with E-state index < -0.39 is 0 Å². The van der Waals surface area contributed by atoms with Gasteiger partial charge in [-0.3, -0.25) is 4.79 Å². The van der Waals surface area contributed by atoms with Gasteiger partial charge in [0.15, 0.2) is 0 Å². The fourth-order valence-corrected chi connectivity index (χ4v) is 1.90. The monoisotopic (exact) mass is 185 g/mol. The lowest BCUT2D eigenvalue weighted by atomic mass is 9.82. The van der Waals surface area contributed by atoms with Gasteiger partial charge in [-0.25, -0.2) is 0 Å². The van der Waals surface area contributed by atoms with Gasteiger partial charge in [-0.15, -0.1) is 0 Å². The number of carbonyl (C=O) groups excluding carboxylic acids is 1. The highest BCUT2D eigenvalue weighted by Crippen LogP contribution is 2.28. The van der Waals surface area contributed by atoms with E-state index in [0.717, 1.165) is 38.9 Å². The third kappa shape index (κ3) is 3.35. The van der Waals surface area contributed by atoms with Crippen molar-refractivity contribution < 1.29 is 9.53 Å². The van der Waals surface area contributed by atoms with Gasteiger partial charge in [-0.2, -0.15) is 0 Å². The Morgan fingerprint density at radius 1 is 1.38 bits per heavy atom. The van der Waals surface area contributed by atoms with Crippen LogP contribution in [0, 0.1) is 11.8 Å². The lowest BCUT2D eigenvalue weighted by Gasteiger charge is -2.26. The van der Waals surface area contributed by atoms with Gasteiger partial charge in [-0.1, -0.05) is 0 Å². The fourth-order valence-electron chi connectivity index (χ4n) is 1.90. The summed E-state index contributed by atoms with van der Waals surface area (Å²) in [7, 11) is 0. The number of hydrogen-bond donors (Lipinski definition) is 1. The van der Waals surface area contributed by atoms with Crippen LogP contribution in [0.3, 0.4) is 0 Å². The van der Waals surface area contributed by atoms with Crippen molar-refractivity contribution in [2.24, 2.45) is 17.6 Å². The number of ether oxygens (including phenoxy) is 1. The molecule has 0 aromatic heterocycles. The molecular weight excluding hydrogens is 166 g/mol. The summed E-state index contributed by atoms with van der Waals surface area (Å²) in [5.74, 6) is 0.642. The standard InChI is InChI=1S/C10H19NO2/c1-2-13-7-8-3-5-9(6-4-8)10(11)12/h8-9H,2-7H2,1H3,(H2,11,12). The molecular formula is C10H19NO2. The van der Waals surface area contributed by atoms with Crippen LogP contribution in [-0.2, 0) is 9.53 Å². The Morgan fingerprint density at radius 2 is 2.00 bits per heavy atom. The molecule has 0 saturated heterocycles. The molecule has 1 rings (SSSR count). The Hall–Kier alpha value is -0.570. The van der Waals surface area contributed by atoms with Crippen molar-refractivity contribution in [2.45, 2.75) is 32.6 Å². The van der Waals surface area contributed by atoms with Crippen LogP contribution in [0.5, 0.6) is 0 Å². The Morgan fingerprint density at radius 3 is 2.46 bits per heavy atom. The third-order valence-electron chi connectivity index (χ3n) is 2.81. The molecule has 1 saturated carbocycles. The minimum atomic E-state index is -0.130. The van der Waals surface area contributed by atoms with E-state index in [1.807, 2.05) is 6.92 Å². The van der Waals surface area contributed by atoms with Gasteiger partial charge in [0, 0.05) is 19.1 Å². The van der Waals surface area contributed by atoms with E-state index in [1.54, 1.807) is 0 Å². The maximum Gasteiger partial charge on any atom is 0.220 e. The summed E-state index contributed by atoms with van der Waals surface area (Å²) in [5, 5.41) is 0. The molecule has 1 aliphatic rings. The highest BCUT2D eigenvalue weighted by molar-refractivity contribution is 5.76. The van der Waals surface area contributed by atoms with Gasteiger partial charge in [0.2, 0.25) is 5.91 Å². The lowest BCUT2D eigenvalue weighted by Crippen LogP contribution is -2.28. The average molecular weight is 185 g/mol. The van der Waals surface area contributed by atoms with Gasteiger partial charge < -0.3 is 10.5 Å². The largest absolute Gasteiger partial charge is 0.381 e. The smallest absolute Gasteiger partial charge is 0.220 e. The van der Waals surface area contributed by atoms with Crippen molar-refractivity contribution in [1.29, 1.82) is 0 Å². The predicted octanol–water partition coefficient (Wildman–Crippen LogP) is 1.31. The molecule has 0 spiro atoms. The maximum absolute atomic E-state index is 10.9. The highest BCUT2D eigenvalue weighted by Gasteiger charge is 2.24. The maximum atomic E-state index is 10.9. The molecule has 76 valence electrons. The number of nitrogens with two attached hydrogens (primary N) is 1. The number of carbonyl (C=O) groups is 1. The Balaban J connectivity index is 2.18. The van der Waals surface area contributed by atoms with E-state index in [-0.39, 0.29) is 11.8 Å². The molecule has 0 aromatic rings. The van der Waals surface area contributed by atoms with Crippen LogP contribution < -0.4 is 5.73 Å². The van der Waals surface area contributed by atoms with Crippen LogP contribution in [0.4, 0.5) is 0 Å². The molecule has 3 nitrogen and oxygen atoms in total. The minimum Gasteiger partial charge on any atom is -0.381 e. The van der Waals surface area contributed by atoms with E-state index >= 15 is 0 Å². The second-order valence-electron chi connectivity index (χ2n) is 3.78. The van der Waals surface area contributed by atoms with Crippen molar-refractivity contribution >= 4 is 5.91 Å². The van der Waals surface area contributed by atoms with Crippen LogP contribution in [-0.4, -0.2) is 19.1 Å². The summed E-state index contributed by atoms with van der Waals surface area (Å²) in [5.41, 5.74) is 5.24. The first-order valence-corrected chi connectivity index (χ1v) is 5.11. The van der Waals surface area contributed by atoms with Crippen molar-refractivity contribution in [3.8, 4) is 0 Å². The summed E-state index contributed by atoms with van der Waals surface area (Å²) in [6.45, 7) is 3.65. The summed E-state index contributed by atoms with van der Waals surface area (Å²) in [6.07, 6.45) is 4.08. The second kappa shape index (κ2) is 5.22. The van der Waals surface area contributed by atoms with Gasteiger partial charge in [0.05, 0.1) is 0 Å². The van der Waals surface area contributed by atoms with Crippen LogP contribution in [0.25, 0.3) is 0 Å². The lowest BCUT2D eigenvalue weighted by molar-refractivity contribution is -0.123. The molecule has 0 heterocycles. The fraction of sp³-hybridized carbons (Fsp3) is 0.900.